The molecule has 0 spiro atoms. The third-order valence-corrected chi connectivity index (χ3v) is 3.63. The Balaban J connectivity index is 2.24. The van der Waals surface area contributed by atoms with Crippen molar-refractivity contribution in [2.45, 2.75) is 33.1 Å². The molecule has 1 unspecified atom stereocenters. The van der Waals surface area contributed by atoms with Crippen LogP contribution in [0.25, 0.3) is 0 Å². The largest absolute Gasteiger partial charge is 0.322 e. The summed E-state index contributed by atoms with van der Waals surface area (Å²) < 4.78 is 0. The van der Waals surface area contributed by atoms with Gasteiger partial charge in [0, 0.05) is 11.3 Å². The SMILES string of the molecule is CCC(C)c1ccccc1NC(=O)c1cccc(C)c1. The predicted molar refractivity (Wildman–Crippen MR) is 84.3 cm³/mol. The van der Waals surface area contributed by atoms with Crippen molar-refractivity contribution < 1.29 is 4.79 Å². The zero-order chi connectivity index (χ0) is 14.5. The minimum Gasteiger partial charge on any atom is -0.322 e. The van der Waals surface area contributed by atoms with Crippen LogP contribution in [-0.2, 0) is 0 Å². The average molecular weight is 267 g/mol. The highest BCUT2D eigenvalue weighted by atomic mass is 16.1. The summed E-state index contributed by atoms with van der Waals surface area (Å²) in [5, 5.41) is 3.03. The van der Waals surface area contributed by atoms with Crippen LogP contribution in [0.1, 0.15) is 47.7 Å². The van der Waals surface area contributed by atoms with E-state index in [9.17, 15) is 4.79 Å². The number of carbonyl (C=O) groups excluding carboxylic acids is 1. The number of amides is 1. The fourth-order valence-electron chi connectivity index (χ4n) is 2.24. The van der Waals surface area contributed by atoms with Gasteiger partial charge in [-0.2, -0.15) is 0 Å². The monoisotopic (exact) mass is 267 g/mol. The van der Waals surface area contributed by atoms with Crippen molar-refractivity contribution in [2.24, 2.45) is 0 Å². The standard InChI is InChI=1S/C18H21NO/c1-4-14(3)16-10-5-6-11-17(16)19-18(20)15-9-7-8-13(2)12-15/h5-12,14H,4H2,1-3H3,(H,19,20). The van der Waals surface area contributed by atoms with Gasteiger partial charge in [0.1, 0.15) is 0 Å². The molecule has 2 heteroatoms. The van der Waals surface area contributed by atoms with Gasteiger partial charge in [-0.3, -0.25) is 4.79 Å². The number of carbonyl (C=O) groups is 1. The Kier molecular flexibility index (Phi) is 4.57. The van der Waals surface area contributed by atoms with Gasteiger partial charge in [0.05, 0.1) is 0 Å². The lowest BCUT2D eigenvalue weighted by atomic mass is 9.96. The molecule has 0 aliphatic heterocycles. The minimum absolute atomic E-state index is 0.0514. The molecule has 0 saturated carbocycles. The fourth-order valence-corrected chi connectivity index (χ4v) is 2.24. The molecule has 0 bridgehead atoms. The summed E-state index contributed by atoms with van der Waals surface area (Å²) in [5.41, 5.74) is 3.89. The van der Waals surface area contributed by atoms with Crippen LogP contribution in [0.5, 0.6) is 0 Å². The molecular formula is C18H21NO. The van der Waals surface area contributed by atoms with Gasteiger partial charge in [-0.1, -0.05) is 49.7 Å². The van der Waals surface area contributed by atoms with Crippen LogP contribution in [0, 0.1) is 6.92 Å². The molecule has 2 nitrogen and oxygen atoms in total. The Morgan fingerprint density at radius 2 is 1.90 bits per heavy atom. The molecule has 2 aromatic rings. The van der Waals surface area contributed by atoms with Crippen molar-refractivity contribution in [1.82, 2.24) is 0 Å². The molecule has 20 heavy (non-hydrogen) atoms. The van der Waals surface area contributed by atoms with Crippen LogP contribution in [0.4, 0.5) is 5.69 Å². The Labute approximate surface area is 120 Å². The molecule has 0 fully saturated rings. The van der Waals surface area contributed by atoms with E-state index in [1.54, 1.807) is 0 Å². The highest BCUT2D eigenvalue weighted by Crippen LogP contribution is 2.26. The van der Waals surface area contributed by atoms with E-state index in [1.807, 2.05) is 49.4 Å². The second-order valence-corrected chi connectivity index (χ2v) is 5.22. The van der Waals surface area contributed by atoms with E-state index in [2.05, 4.69) is 25.2 Å². The third-order valence-electron chi connectivity index (χ3n) is 3.63. The maximum absolute atomic E-state index is 12.3. The second-order valence-electron chi connectivity index (χ2n) is 5.22. The quantitative estimate of drug-likeness (QED) is 0.850. The van der Waals surface area contributed by atoms with E-state index in [0.29, 0.717) is 11.5 Å². The summed E-state index contributed by atoms with van der Waals surface area (Å²) in [5.74, 6) is 0.383. The van der Waals surface area contributed by atoms with Gasteiger partial charge in [0.25, 0.3) is 5.91 Å². The minimum atomic E-state index is -0.0514. The summed E-state index contributed by atoms with van der Waals surface area (Å²) >= 11 is 0. The van der Waals surface area contributed by atoms with Crippen LogP contribution >= 0.6 is 0 Å². The first-order chi connectivity index (χ1) is 9.61. The molecule has 0 saturated heterocycles. The Bertz CT molecular complexity index is 604. The molecule has 0 radical (unpaired) electrons. The highest BCUT2D eigenvalue weighted by molar-refractivity contribution is 6.04. The number of para-hydroxylation sites is 1. The molecule has 2 aromatic carbocycles. The first-order valence-electron chi connectivity index (χ1n) is 7.08. The molecule has 1 N–H and O–H groups in total. The van der Waals surface area contributed by atoms with Crippen LogP contribution in [-0.4, -0.2) is 5.91 Å². The summed E-state index contributed by atoms with van der Waals surface area (Å²) in [4.78, 5) is 12.3. The van der Waals surface area contributed by atoms with Gasteiger partial charge in [0.15, 0.2) is 0 Å². The number of aryl methyl sites for hydroxylation is 1. The molecule has 1 amide bonds. The molecule has 0 aliphatic carbocycles. The van der Waals surface area contributed by atoms with E-state index >= 15 is 0 Å². The van der Waals surface area contributed by atoms with Crippen molar-refractivity contribution in [1.29, 1.82) is 0 Å². The second kappa shape index (κ2) is 6.38. The number of rotatable bonds is 4. The fraction of sp³-hybridized carbons (Fsp3) is 0.278. The number of hydrogen-bond donors (Lipinski definition) is 1. The van der Waals surface area contributed by atoms with Gasteiger partial charge in [0.2, 0.25) is 0 Å². The first kappa shape index (κ1) is 14.3. The predicted octanol–water partition coefficient (Wildman–Crippen LogP) is 4.76. The van der Waals surface area contributed by atoms with Crippen molar-refractivity contribution in [2.75, 3.05) is 5.32 Å². The van der Waals surface area contributed by atoms with Crippen molar-refractivity contribution in [3.8, 4) is 0 Å². The number of nitrogens with one attached hydrogen (secondary N) is 1. The maximum atomic E-state index is 12.3. The summed E-state index contributed by atoms with van der Waals surface area (Å²) in [6, 6.07) is 15.7. The van der Waals surface area contributed by atoms with Gasteiger partial charge < -0.3 is 5.32 Å². The van der Waals surface area contributed by atoms with Crippen LogP contribution in [0.2, 0.25) is 0 Å². The van der Waals surface area contributed by atoms with Gasteiger partial charge in [-0.25, -0.2) is 0 Å². The van der Waals surface area contributed by atoms with Crippen molar-refractivity contribution >= 4 is 11.6 Å². The molecule has 2 rings (SSSR count). The molecular weight excluding hydrogens is 246 g/mol. The van der Waals surface area contributed by atoms with Gasteiger partial charge in [-0.05, 0) is 43.0 Å². The third kappa shape index (κ3) is 3.27. The molecule has 0 aliphatic rings. The smallest absolute Gasteiger partial charge is 0.255 e. The van der Waals surface area contributed by atoms with Crippen LogP contribution < -0.4 is 5.32 Å². The number of hydrogen-bond acceptors (Lipinski definition) is 1. The van der Waals surface area contributed by atoms with Crippen molar-refractivity contribution in [3.05, 3.63) is 65.2 Å². The normalized spacial score (nSPS) is 11.9. The molecule has 0 heterocycles. The average Bonchev–Trinajstić information content (AvgIpc) is 2.47. The van der Waals surface area contributed by atoms with Gasteiger partial charge in [-0.15, -0.1) is 0 Å². The van der Waals surface area contributed by atoms with E-state index < -0.39 is 0 Å². The van der Waals surface area contributed by atoms with E-state index in [4.69, 9.17) is 0 Å². The van der Waals surface area contributed by atoms with E-state index in [-0.39, 0.29) is 5.91 Å². The Hall–Kier alpha value is -2.09. The first-order valence-corrected chi connectivity index (χ1v) is 7.08. The summed E-state index contributed by atoms with van der Waals surface area (Å²) in [7, 11) is 0. The lowest BCUT2D eigenvalue weighted by Gasteiger charge is -2.15. The van der Waals surface area contributed by atoms with Gasteiger partial charge >= 0.3 is 0 Å². The molecule has 0 aromatic heterocycles. The van der Waals surface area contributed by atoms with Crippen LogP contribution in [0.3, 0.4) is 0 Å². The Morgan fingerprint density at radius 3 is 2.60 bits per heavy atom. The number of anilines is 1. The zero-order valence-corrected chi connectivity index (χ0v) is 12.3. The number of benzene rings is 2. The lowest BCUT2D eigenvalue weighted by Crippen LogP contribution is -2.14. The maximum Gasteiger partial charge on any atom is 0.255 e. The Morgan fingerprint density at radius 1 is 1.15 bits per heavy atom. The summed E-state index contributed by atoms with van der Waals surface area (Å²) in [6.45, 7) is 6.32. The zero-order valence-electron chi connectivity index (χ0n) is 12.3. The van der Waals surface area contributed by atoms with E-state index in [1.165, 1.54) is 5.56 Å². The molecule has 104 valence electrons. The van der Waals surface area contributed by atoms with Crippen LogP contribution in [0.15, 0.2) is 48.5 Å². The van der Waals surface area contributed by atoms with E-state index in [0.717, 1.165) is 17.7 Å². The van der Waals surface area contributed by atoms with Crippen molar-refractivity contribution in [3.63, 3.8) is 0 Å². The summed E-state index contributed by atoms with van der Waals surface area (Å²) in [6.07, 6.45) is 1.05. The topological polar surface area (TPSA) is 29.1 Å². The highest BCUT2D eigenvalue weighted by Gasteiger charge is 2.12. The lowest BCUT2D eigenvalue weighted by molar-refractivity contribution is 0.102. The molecule has 1 atom stereocenters.